The Hall–Kier alpha value is -2.86. The van der Waals surface area contributed by atoms with E-state index >= 15 is 0 Å². The van der Waals surface area contributed by atoms with E-state index in [1.54, 1.807) is 7.11 Å². The molecule has 0 atom stereocenters. The average molecular weight is 550 g/mol. The van der Waals surface area contributed by atoms with Crippen molar-refractivity contribution >= 4 is 27.5 Å². The molecular weight excluding hydrogens is 518 g/mol. The Morgan fingerprint density at radius 1 is 0.944 bits per heavy atom. The van der Waals surface area contributed by atoms with Crippen molar-refractivity contribution in [2.75, 3.05) is 20.3 Å². The van der Waals surface area contributed by atoms with Crippen LogP contribution in [0.15, 0.2) is 69.5 Å². The van der Waals surface area contributed by atoms with Gasteiger partial charge < -0.3 is 14.4 Å². The number of hydrogen-bond donors (Lipinski definition) is 0. The Balaban J connectivity index is 1.65. The molecule has 36 heavy (non-hydrogen) atoms. The van der Waals surface area contributed by atoms with E-state index in [1.807, 2.05) is 25.1 Å². The van der Waals surface area contributed by atoms with Crippen molar-refractivity contribution in [3.63, 3.8) is 0 Å². The number of carbonyl (C=O) groups excluding carboxylic acids is 2. The van der Waals surface area contributed by atoms with Crippen molar-refractivity contribution in [2.45, 2.75) is 57.8 Å². The lowest BCUT2D eigenvalue weighted by Gasteiger charge is -2.44. The zero-order valence-corrected chi connectivity index (χ0v) is 22.5. The number of ketones is 2. The number of rotatable bonds is 7. The van der Waals surface area contributed by atoms with Gasteiger partial charge in [-0.1, -0.05) is 30.3 Å². The van der Waals surface area contributed by atoms with E-state index in [0.29, 0.717) is 30.9 Å². The lowest BCUT2D eigenvalue weighted by Crippen LogP contribution is -2.40. The maximum absolute atomic E-state index is 13.5. The molecule has 0 fully saturated rings. The minimum Gasteiger partial charge on any atom is -0.493 e. The molecule has 2 aromatic rings. The van der Waals surface area contributed by atoms with Gasteiger partial charge in [0.15, 0.2) is 23.1 Å². The molecule has 5 nitrogen and oxygen atoms in total. The summed E-state index contributed by atoms with van der Waals surface area (Å²) >= 11 is 3.66. The predicted molar refractivity (Wildman–Crippen MR) is 143 cm³/mol. The fourth-order valence-electron chi connectivity index (χ4n) is 5.90. The molecule has 0 unspecified atom stereocenters. The van der Waals surface area contributed by atoms with Crippen molar-refractivity contribution in [1.82, 2.24) is 4.90 Å². The molecule has 0 saturated heterocycles. The molecule has 5 rings (SSSR count). The molecule has 2 aromatic carbocycles. The van der Waals surface area contributed by atoms with E-state index < -0.39 is 0 Å². The van der Waals surface area contributed by atoms with E-state index in [2.05, 4.69) is 45.1 Å². The van der Waals surface area contributed by atoms with Gasteiger partial charge in [0.05, 0.1) is 18.2 Å². The second-order valence-corrected chi connectivity index (χ2v) is 10.4. The van der Waals surface area contributed by atoms with Gasteiger partial charge in [0, 0.05) is 47.8 Å². The van der Waals surface area contributed by atoms with Crippen LogP contribution in [0, 0.1) is 0 Å². The molecule has 1 aliphatic heterocycles. The summed E-state index contributed by atoms with van der Waals surface area (Å²) in [6.45, 7) is 3.21. The molecule has 6 heteroatoms. The summed E-state index contributed by atoms with van der Waals surface area (Å²) in [5, 5.41) is 0. The van der Waals surface area contributed by atoms with E-state index in [9.17, 15) is 9.59 Å². The van der Waals surface area contributed by atoms with Crippen molar-refractivity contribution in [3.05, 3.63) is 80.6 Å². The van der Waals surface area contributed by atoms with Crippen LogP contribution in [0.3, 0.4) is 0 Å². The van der Waals surface area contributed by atoms with Crippen molar-refractivity contribution in [2.24, 2.45) is 0 Å². The number of carbonyl (C=O) groups is 2. The molecule has 1 heterocycles. The maximum Gasteiger partial charge on any atom is 0.175 e. The number of hydrogen-bond acceptors (Lipinski definition) is 5. The van der Waals surface area contributed by atoms with Gasteiger partial charge >= 0.3 is 0 Å². The highest BCUT2D eigenvalue weighted by Crippen LogP contribution is 2.51. The van der Waals surface area contributed by atoms with Crippen LogP contribution in [0.25, 0.3) is 0 Å². The highest BCUT2D eigenvalue weighted by Gasteiger charge is 2.43. The molecule has 2 aliphatic carbocycles. The summed E-state index contributed by atoms with van der Waals surface area (Å²) < 4.78 is 12.3. The third-order valence-electron chi connectivity index (χ3n) is 7.43. The number of Topliss-reactive ketones (excluding diaryl/α,β-unsaturated/α-hetero) is 2. The maximum atomic E-state index is 13.5. The number of benzene rings is 2. The predicted octanol–water partition coefficient (Wildman–Crippen LogP) is 6.51. The summed E-state index contributed by atoms with van der Waals surface area (Å²) in [4.78, 5) is 29.4. The van der Waals surface area contributed by atoms with Crippen molar-refractivity contribution in [1.29, 1.82) is 0 Å². The Labute approximate surface area is 221 Å². The fraction of sp³-hybridized carbons (Fsp3) is 0.400. The van der Waals surface area contributed by atoms with Crippen molar-refractivity contribution < 1.29 is 19.1 Å². The van der Waals surface area contributed by atoms with Crippen LogP contribution in [-0.4, -0.2) is 36.7 Å². The lowest BCUT2D eigenvalue weighted by atomic mass is 9.71. The first-order valence-electron chi connectivity index (χ1n) is 12.9. The van der Waals surface area contributed by atoms with Crippen LogP contribution in [-0.2, 0) is 16.0 Å². The Morgan fingerprint density at radius 2 is 1.58 bits per heavy atom. The summed E-state index contributed by atoms with van der Waals surface area (Å²) in [5.74, 6) is 1.17. The number of allylic oxidation sites excluding steroid dienone is 4. The Bertz CT molecular complexity index is 1200. The summed E-state index contributed by atoms with van der Waals surface area (Å²) in [6, 6.07) is 14.4. The molecular formula is C30H32BrNO4. The first-order valence-corrected chi connectivity index (χ1v) is 13.7. The SMILES string of the molecule is CCOc1c(Br)cc(C2C3=C(CCCC3=O)N(CCc3ccccc3)C3=C2C(=O)CCC3)cc1OC. The van der Waals surface area contributed by atoms with Crippen LogP contribution >= 0.6 is 15.9 Å². The third kappa shape index (κ3) is 4.52. The molecule has 3 aliphatic rings. The molecule has 0 aromatic heterocycles. The monoisotopic (exact) mass is 549 g/mol. The number of methoxy groups -OCH3 is 1. The van der Waals surface area contributed by atoms with E-state index in [0.717, 1.165) is 71.2 Å². The second-order valence-electron chi connectivity index (χ2n) is 9.56. The summed E-state index contributed by atoms with van der Waals surface area (Å²) in [6.07, 6.45) is 5.31. The fourth-order valence-corrected chi connectivity index (χ4v) is 6.47. The first-order chi connectivity index (χ1) is 17.5. The van der Waals surface area contributed by atoms with Crippen molar-refractivity contribution in [3.8, 4) is 11.5 Å². The van der Waals surface area contributed by atoms with Crippen LogP contribution in [0.5, 0.6) is 11.5 Å². The molecule has 188 valence electrons. The standard InChI is InChI=1S/C30H32BrNO4/c1-3-36-30-21(31)17-20(18-26(30)35-2)27-28-22(11-7-13-24(28)33)32(16-15-19-9-5-4-6-10-19)23-12-8-14-25(34)29(23)27/h4-6,9-10,17-18,27H,3,7-8,11-16H2,1-2H3. The van der Waals surface area contributed by atoms with E-state index in [-0.39, 0.29) is 17.5 Å². The van der Waals surface area contributed by atoms with Gasteiger partial charge in [0.2, 0.25) is 0 Å². The van der Waals surface area contributed by atoms with Gasteiger partial charge in [0.25, 0.3) is 0 Å². The summed E-state index contributed by atoms with van der Waals surface area (Å²) in [7, 11) is 1.62. The molecule has 0 radical (unpaired) electrons. The van der Waals surface area contributed by atoms with Gasteiger partial charge in [-0.3, -0.25) is 9.59 Å². The van der Waals surface area contributed by atoms with Crippen LogP contribution in [0.1, 0.15) is 62.5 Å². The minimum atomic E-state index is -0.371. The van der Waals surface area contributed by atoms with Crippen LogP contribution in [0.2, 0.25) is 0 Å². The zero-order valence-electron chi connectivity index (χ0n) is 20.9. The molecule has 0 amide bonds. The quantitative estimate of drug-likeness (QED) is 0.393. The topological polar surface area (TPSA) is 55.8 Å². The normalized spacial score (nSPS) is 18.4. The summed E-state index contributed by atoms with van der Waals surface area (Å²) in [5.41, 5.74) is 5.95. The largest absolute Gasteiger partial charge is 0.493 e. The molecule has 0 saturated carbocycles. The van der Waals surface area contributed by atoms with E-state index in [1.165, 1.54) is 5.56 Å². The Kier molecular flexibility index (Phi) is 7.33. The number of halogens is 1. The highest BCUT2D eigenvalue weighted by molar-refractivity contribution is 9.10. The van der Waals surface area contributed by atoms with E-state index in [4.69, 9.17) is 9.47 Å². The average Bonchev–Trinajstić information content (AvgIpc) is 2.89. The molecule has 0 spiro atoms. The zero-order chi connectivity index (χ0) is 25.2. The number of nitrogens with zero attached hydrogens (tertiary/aromatic N) is 1. The third-order valence-corrected chi connectivity index (χ3v) is 8.02. The smallest absolute Gasteiger partial charge is 0.175 e. The van der Waals surface area contributed by atoms with Gasteiger partial charge in [0.1, 0.15) is 0 Å². The van der Waals surface area contributed by atoms with Gasteiger partial charge in [-0.25, -0.2) is 0 Å². The number of ether oxygens (including phenoxy) is 2. The highest BCUT2D eigenvalue weighted by atomic mass is 79.9. The second kappa shape index (κ2) is 10.6. The van der Waals surface area contributed by atoms with Crippen LogP contribution in [0.4, 0.5) is 0 Å². The molecule has 0 bridgehead atoms. The van der Waals surface area contributed by atoms with Gasteiger partial charge in [-0.15, -0.1) is 0 Å². The Morgan fingerprint density at radius 3 is 2.17 bits per heavy atom. The van der Waals surface area contributed by atoms with Crippen LogP contribution < -0.4 is 9.47 Å². The lowest BCUT2D eigenvalue weighted by molar-refractivity contribution is -0.117. The first kappa shape index (κ1) is 24.8. The molecule has 0 N–H and O–H groups in total. The van der Waals surface area contributed by atoms with Gasteiger partial charge in [-0.05, 0) is 78.2 Å². The minimum absolute atomic E-state index is 0.153. The van der Waals surface area contributed by atoms with Gasteiger partial charge in [-0.2, -0.15) is 0 Å².